The van der Waals surface area contributed by atoms with E-state index >= 15 is 0 Å². The lowest BCUT2D eigenvalue weighted by Gasteiger charge is -2.26. The van der Waals surface area contributed by atoms with Crippen LogP contribution < -0.4 is 5.32 Å². The summed E-state index contributed by atoms with van der Waals surface area (Å²) in [7, 11) is 0. The maximum Gasteiger partial charge on any atom is 0.338 e. The molecule has 2 heterocycles. The van der Waals surface area contributed by atoms with Crippen molar-refractivity contribution >= 4 is 39.5 Å². The van der Waals surface area contributed by atoms with Crippen molar-refractivity contribution in [2.75, 3.05) is 11.9 Å². The van der Waals surface area contributed by atoms with E-state index in [1.807, 2.05) is 0 Å². The first-order chi connectivity index (χ1) is 12.5. The zero-order chi connectivity index (χ0) is 18.7. The van der Waals surface area contributed by atoms with Gasteiger partial charge in [0.1, 0.15) is 11.9 Å². The van der Waals surface area contributed by atoms with E-state index in [-0.39, 0.29) is 17.2 Å². The van der Waals surface area contributed by atoms with Gasteiger partial charge in [-0.05, 0) is 19.1 Å². The van der Waals surface area contributed by atoms with E-state index in [1.54, 1.807) is 6.92 Å². The molecule has 7 nitrogen and oxygen atoms in total. The maximum absolute atomic E-state index is 13.5. The van der Waals surface area contributed by atoms with Crippen LogP contribution in [0.1, 0.15) is 18.5 Å². The van der Waals surface area contributed by atoms with Crippen LogP contribution in [0.3, 0.4) is 0 Å². The van der Waals surface area contributed by atoms with Gasteiger partial charge in [0, 0.05) is 21.6 Å². The van der Waals surface area contributed by atoms with E-state index in [4.69, 9.17) is 16.3 Å². The third-order valence-electron chi connectivity index (χ3n) is 3.61. The number of nitrogens with one attached hydrogen (secondary N) is 1. The second-order valence-corrected chi connectivity index (χ2v) is 6.18. The smallest absolute Gasteiger partial charge is 0.338 e. The number of nitrogens with zero attached hydrogens (tertiary/aromatic N) is 4. The number of rotatable bonds is 4. The van der Waals surface area contributed by atoms with Crippen molar-refractivity contribution in [2.24, 2.45) is 4.99 Å². The van der Waals surface area contributed by atoms with Gasteiger partial charge in [-0.3, -0.25) is 0 Å². The van der Waals surface area contributed by atoms with Gasteiger partial charge in [-0.15, -0.1) is 4.80 Å². The molecule has 1 unspecified atom stereocenters. The minimum absolute atomic E-state index is 0.157. The first-order valence-corrected chi connectivity index (χ1v) is 9.17. The lowest BCUT2D eigenvalue weighted by Crippen LogP contribution is -2.39. The molecule has 1 N–H and O–H groups in total. The van der Waals surface area contributed by atoms with Crippen LogP contribution in [-0.2, 0) is 9.53 Å². The number of benzene rings is 1. The Hall–Kier alpha value is -2.26. The van der Waals surface area contributed by atoms with Gasteiger partial charge in [0.15, 0.2) is 0 Å². The Morgan fingerprint density at radius 1 is 1.42 bits per heavy atom. The number of hydrogen-bond acceptors (Lipinski definition) is 6. The molecule has 3 rings (SSSR count). The third kappa shape index (κ3) is 3.63. The largest absolute Gasteiger partial charge is 0.463 e. The molecule has 1 aliphatic heterocycles. The molecule has 0 saturated carbocycles. The number of ether oxygens (including phenoxy) is 1. The van der Waals surface area contributed by atoms with Crippen molar-refractivity contribution in [1.82, 2.24) is 20.3 Å². The molecule has 2 aromatic rings. The number of aromatic nitrogens is 3. The SMILES string of the molecule is CCOC(=O)C1=C(CBr)NC(n2nccn2)=NC1c1ccc(F)cc1Cl. The van der Waals surface area contributed by atoms with Crippen LogP contribution in [0.2, 0.25) is 5.02 Å². The predicted octanol–water partition coefficient (Wildman–Crippen LogP) is 2.83. The minimum Gasteiger partial charge on any atom is -0.463 e. The van der Waals surface area contributed by atoms with Crippen molar-refractivity contribution in [3.8, 4) is 0 Å². The zero-order valence-electron chi connectivity index (χ0n) is 13.6. The zero-order valence-corrected chi connectivity index (χ0v) is 16.0. The molecular weight excluding hydrogens is 429 g/mol. The normalized spacial score (nSPS) is 16.9. The first-order valence-electron chi connectivity index (χ1n) is 7.67. The first kappa shape index (κ1) is 18.5. The van der Waals surface area contributed by atoms with Gasteiger partial charge in [-0.1, -0.05) is 33.6 Å². The van der Waals surface area contributed by atoms with E-state index in [0.29, 0.717) is 22.6 Å². The number of allylic oxidation sites excluding steroid dienone is 1. The quantitative estimate of drug-likeness (QED) is 0.582. The van der Waals surface area contributed by atoms with E-state index in [9.17, 15) is 9.18 Å². The van der Waals surface area contributed by atoms with Crippen LogP contribution in [0, 0.1) is 5.82 Å². The molecule has 1 aromatic carbocycles. The van der Waals surface area contributed by atoms with Crippen molar-refractivity contribution in [3.05, 3.63) is 58.3 Å². The fourth-order valence-electron chi connectivity index (χ4n) is 2.51. The van der Waals surface area contributed by atoms with Gasteiger partial charge >= 0.3 is 5.97 Å². The Morgan fingerprint density at radius 3 is 2.77 bits per heavy atom. The van der Waals surface area contributed by atoms with Gasteiger partial charge in [0.25, 0.3) is 0 Å². The second-order valence-electron chi connectivity index (χ2n) is 5.21. The van der Waals surface area contributed by atoms with Crippen molar-refractivity contribution in [3.63, 3.8) is 0 Å². The summed E-state index contributed by atoms with van der Waals surface area (Å²) >= 11 is 9.58. The highest BCUT2D eigenvalue weighted by Crippen LogP contribution is 2.36. The van der Waals surface area contributed by atoms with E-state index in [2.05, 4.69) is 36.4 Å². The molecule has 0 spiro atoms. The lowest BCUT2D eigenvalue weighted by atomic mass is 9.96. The highest BCUT2D eigenvalue weighted by Gasteiger charge is 2.33. The van der Waals surface area contributed by atoms with Crippen LogP contribution in [0.4, 0.5) is 4.39 Å². The van der Waals surface area contributed by atoms with Crippen molar-refractivity contribution in [1.29, 1.82) is 0 Å². The second kappa shape index (κ2) is 7.96. The van der Waals surface area contributed by atoms with Crippen LogP contribution in [0.25, 0.3) is 0 Å². The van der Waals surface area contributed by atoms with Crippen LogP contribution in [0.15, 0.2) is 46.9 Å². The number of halogens is 3. The molecular formula is C16H14BrClFN5O2. The monoisotopic (exact) mass is 441 g/mol. The highest BCUT2D eigenvalue weighted by atomic mass is 79.9. The molecule has 26 heavy (non-hydrogen) atoms. The standard InChI is InChI=1S/C16H14BrClFN5O2/c1-2-26-15(25)13-12(8-17)22-16(24-20-5-6-21-24)23-14(13)10-4-3-9(19)7-11(10)18/h3-7,14H,2,8H2,1H3,(H,22,23). The van der Waals surface area contributed by atoms with Gasteiger partial charge in [0.2, 0.25) is 5.96 Å². The maximum atomic E-state index is 13.5. The summed E-state index contributed by atoms with van der Waals surface area (Å²) < 4.78 is 18.6. The summed E-state index contributed by atoms with van der Waals surface area (Å²) in [6.45, 7) is 1.92. The Balaban J connectivity index is 2.15. The molecule has 10 heteroatoms. The molecule has 1 aliphatic rings. The summed E-state index contributed by atoms with van der Waals surface area (Å²) in [5, 5.41) is 11.6. The Morgan fingerprint density at radius 2 is 2.15 bits per heavy atom. The summed E-state index contributed by atoms with van der Waals surface area (Å²) in [6, 6.07) is 3.14. The van der Waals surface area contributed by atoms with Gasteiger partial charge in [0.05, 0.1) is 24.6 Å². The molecule has 0 bridgehead atoms. The predicted molar refractivity (Wildman–Crippen MR) is 97.6 cm³/mol. The molecule has 1 atom stereocenters. The molecule has 0 radical (unpaired) electrons. The molecule has 1 aromatic heterocycles. The number of carbonyl (C=O) groups excluding carboxylic acids is 1. The Bertz CT molecular complexity index is 885. The number of alkyl halides is 1. The van der Waals surface area contributed by atoms with Crippen molar-refractivity contribution in [2.45, 2.75) is 13.0 Å². The fraction of sp³-hybridized carbons (Fsp3) is 0.250. The van der Waals surface area contributed by atoms with E-state index in [0.717, 1.165) is 0 Å². The van der Waals surface area contributed by atoms with Crippen LogP contribution in [-0.4, -0.2) is 38.9 Å². The number of esters is 1. The average molecular weight is 443 g/mol. The molecule has 0 aliphatic carbocycles. The van der Waals surface area contributed by atoms with Crippen LogP contribution >= 0.6 is 27.5 Å². The number of carbonyl (C=O) groups is 1. The highest BCUT2D eigenvalue weighted by molar-refractivity contribution is 9.09. The topological polar surface area (TPSA) is 81.4 Å². The van der Waals surface area contributed by atoms with Gasteiger partial charge in [-0.25, -0.2) is 14.2 Å². The summed E-state index contributed by atoms with van der Waals surface area (Å²) in [5.41, 5.74) is 1.30. The molecule has 0 saturated heterocycles. The summed E-state index contributed by atoms with van der Waals surface area (Å²) in [5.74, 6) is -0.702. The fourth-order valence-corrected chi connectivity index (χ4v) is 3.22. The van der Waals surface area contributed by atoms with Gasteiger partial charge in [-0.2, -0.15) is 10.2 Å². The number of hydrogen-bond donors (Lipinski definition) is 1. The number of aliphatic imine (C=N–C) groups is 1. The molecule has 0 amide bonds. The van der Waals surface area contributed by atoms with E-state index < -0.39 is 17.8 Å². The Labute approximate surface area is 162 Å². The average Bonchev–Trinajstić information content (AvgIpc) is 3.15. The van der Waals surface area contributed by atoms with E-state index in [1.165, 1.54) is 35.4 Å². The molecule has 0 fully saturated rings. The Kier molecular flexibility index (Phi) is 5.67. The van der Waals surface area contributed by atoms with Gasteiger partial charge < -0.3 is 10.1 Å². The summed E-state index contributed by atoms with van der Waals surface area (Å²) in [4.78, 5) is 18.4. The minimum atomic E-state index is -0.794. The third-order valence-corrected chi connectivity index (χ3v) is 4.49. The summed E-state index contributed by atoms with van der Waals surface area (Å²) in [6.07, 6.45) is 3.00. The van der Waals surface area contributed by atoms with Crippen molar-refractivity contribution < 1.29 is 13.9 Å². The lowest BCUT2D eigenvalue weighted by molar-refractivity contribution is -0.138. The molecule has 136 valence electrons. The van der Waals surface area contributed by atoms with Crippen LogP contribution in [0.5, 0.6) is 0 Å².